The predicted molar refractivity (Wildman–Crippen MR) is 98.4 cm³/mol. The number of alkyl halides is 3. The van der Waals surface area contributed by atoms with E-state index in [1.807, 2.05) is 13.8 Å². The van der Waals surface area contributed by atoms with E-state index >= 15 is 0 Å². The average Bonchev–Trinajstić information content (AvgIpc) is 2.60. The Hall–Kier alpha value is -2.34. The Morgan fingerprint density at radius 2 is 1.69 bits per heavy atom. The summed E-state index contributed by atoms with van der Waals surface area (Å²) >= 11 is 0. The highest BCUT2D eigenvalue weighted by atomic mass is 32.2. The molecule has 2 unspecified atom stereocenters. The summed E-state index contributed by atoms with van der Waals surface area (Å²) in [6, 6.07) is 2.81. The zero-order chi connectivity index (χ0) is 22.2. The van der Waals surface area contributed by atoms with Gasteiger partial charge in [0.05, 0.1) is 4.90 Å². The Morgan fingerprint density at radius 1 is 1.10 bits per heavy atom. The molecule has 3 N–H and O–H groups in total. The summed E-state index contributed by atoms with van der Waals surface area (Å²) in [6.45, 7) is 4.97. The second kappa shape index (κ2) is 10.4. The Morgan fingerprint density at radius 3 is 2.21 bits per heavy atom. The lowest BCUT2D eigenvalue weighted by Crippen LogP contribution is -2.47. The van der Waals surface area contributed by atoms with Crippen LogP contribution in [-0.4, -0.2) is 45.2 Å². The molecule has 0 aliphatic carbocycles. The molecular weight excluding hydrogens is 415 g/mol. The summed E-state index contributed by atoms with van der Waals surface area (Å²) in [7, 11) is -4.03. The van der Waals surface area contributed by atoms with Gasteiger partial charge in [-0.3, -0.25) is 9.59 Å². The molecule has 8 nitrogen and oxygen atoms in total. The zero-order valence-corrected chi connectivity index (χ0v) is 17.0. The standard InChI is InChI=1S/C17H24F3N3O5S/c1-4-11(2)22-16(25)12(3)23-15(24)9-10-21-29(26,27)14-7-5-13(6-8-14)28-17(18,19)20/h5-8,11-12,21H,4,9-10H2,1-3H3,(H,22,25)(H,23,24). The number of amides is 2. The first-order chi connectivity index (χ1) is 13.3. The van der Waals surface area contributed by atoms with E-state index in [4.69, 9.17) is 0 Å². The number of hydrogen-bond acceptors (Lipinski definition) is 5. The maximum absolute atomic E-state index is 12.1. The van der Waals surface area contributed by atoms with Gasteiger partial charge >= 0.3 is 6.36 Å². The van der Waals surface area contributed by atoms with Crippen molar-refractivity contribution in [2.45, 2.75) is 57.0 Å². The molecule has 0 aliphatic rings. The molecule has 1 rings (SSSR count). The second-order valence-electron chi connectivity index (χ2n) is 6.27. The molecule has 0 heterocycles. The van der Waals surface area contributed by atoms with Crippen molar-refractivity contribution < 1.29 is 35.9 Å². The first-order valence-corrected chi connectivity index (χ1v) is 10.3. The highest BCUT2D eigenvalue weighted by Crippen LogP contribution is 2.23. The van der Waals surface area contributed by atoms with Crippen LogP contribution in [0.2, 0.25) is 0 Å². The van der Waals surface area contributed by atoms with Crippen LogP contribution >= 0.6 is 0 Å². The van der Waals surface area contributed by atoms with Gasteiger partial charge in [0, 0.05) is 19.0 Å². The van der Waals surface area contributed by atoms with Crippen LogP contribution in [0.25, 0.3) is 0 Å². The van der Waals surface area contributed by atoms with Gasteiger partial charge in [0.25, 0.3) is 0 Å². The van der Waals surface area contributed by atoms with Crippen LogP contribution in [0.5, 0.6) is 5.75 Å². The van der Waals surface area contributed by atoms with Crippen molar-refractivity contribution in [1.82, 2.24) is 15.4 Å². The van der Waals surface area contributed by atoms with E-state index in [-0.39, 0.29) is 29.8 Å². The smallest absolute Gasteiger partial charge is 0.406 e. The summed E-state index contributed by atoms with van der Waals surface area (Å²) in [4.78, 5) is 23.4. The fourth-order valence-corrected chi connectivity index (χ4v) is 3.08. The van der Waals surface area contributed by atoms with Crippen molar-refractivity contribution in [3.05, 3.63) is 24.3 Å². The van der Waals surface area contributed by atoms with Gasteiger partial charge in [-0.05, 0) is 44.5 Å². The Bertz CT molecular complexity index is 798. The fourth-order valence-electron chi connectivity index (χ4n) is 2.05. The summed E-state index contributed by atoms with van der Waals surface area (Å²) in [5.41, 5.74) is 0. The van der Waals surface area contributed by atoms with Crippen LogP contribution < -0.4 is 20.1 Å². The molecule has 0 saturated carbocycles. The van der Waals surface area contributed by atoms with Gasteiger partial charge in [-0.2, -0.15) is 0 Å². The topological polar surface area (TPSA) is 114 Å². The maximum atomic E-state index is 12.1. The third-order valence-electron chi connectivity index (χ3n) is 3.78. The lowest BCUT2D eigenvalue weighted by molar-refractivity contribution is -0.274. The largest absolute Gasteiger partial charge is 0.573 e. The molecule has 0 fully saturated rings. The quantitative estimate of drug-likeness (QED) is 0.513. The minimum Gasteiger partial charge on any atom is -0.406 e. The van der Waals surface area contributed by atoms with Crippen molar-refractivity contribution in [3.63, 3.8) is 0 Å². The van der Waals surface area contributed by atoms with Crippen molar-refractivity contribution >= 4 is 21.8 Å². The highest BCUT2D eigenvalue weighted by Gasteiger charge is 2.31. The van der Waals surface area contributed by atoms with E-state index in [9.17, 15) is 31.2 Å². The Balaban J connectivity index is 2.51. The second-order valence-corrected chi connectivity index (χ2v) is 8.04. The molecule has 1 aromatic carbocycles. The van der Waals surface area contributed by atoms with E-state index in [0.717, 1.165) is 30.7 Å². The summed E-state index contributed by atoms with van der Waals surface area (Å²) in [5, 5.41) is 5.16. The van der Waals surface area contributed by atoms with Gasteiger partial charge in [-0.1, -0.05) is 6.92 Å². The lowest BCUT2D eigenvalue weighted by Gasteiger charge is -2.17. The van der Waals surface area contributed by atoms with Crippen molar-refractivity contribution in [1.29, 1.82) is 0 Å². The lowest BCUT2D eigenvalue weighted by atomic mass is 10.2. The molecular formula is C17H24F3N3O5S. The molecule has 0 bridgehead atoms. The van der Waals surface area contributed by atoms with Gasteiger partial charge in [0.2, 0.25) is 21.8 Å². The van der Waals surface area contributed by atoms with E-state index in [0.29, 0.717) is 0 Å². The van der Waals surface area contributed by atoms with Gasteiger partial charge in [-0.15, -0.1) is 13.2 Å². The number of benzene rings is 1. The molecule has 29 heavy (non-hydrogen) atoms. The SMILES string of the molecule is CCC(C)NC(=O)C(C)NC(=O)CCNS(=O)(=O)c1ccc(OC(F)(F)F)cc1. The third kappa shape index (κ3) is 9.13. The molecule has 0 aromatic heterocycles. The maximum Gasteiger partial charge on any atom is 0.573 e. The third-order valence-corrected chi connectivity index (χ3v) is 5.26. The van der Waals surface area contributed by atoms with Crippen molar-refractivity contribution in [3.8, 4) is 5.75 Å². The van der Waals surface area contributed by atoms with Crippen LogP contribution in [0.15, 0.2) is 29.2 Å². The van der Waals surface area contributed by atoms with Crippen LogP contribution in [0.1, 0.15) is 33.6 Å². The molecule has 0 aliphatic heterocycles. The van der Waals surface area contributed by atoms with Gasteiger partial charge in [0.1, 0.15) is 11.8 Å². The van der Waals surface area contributed by atoms with Gasteiger partial charge in [0.15, 0.2) is 0 Å². The minimum atomic E-state index is -4.88. The monoisotopic (exact) mass is 439 g/mol. The Labute approximate surface area is 167 Å². The molecule has 1 aromatic rings. The van der Waals surface area contributed by atoms with Gasteiger partial charge in [-0.25, -0.2) is 13.1 Å². The number of ether oxygens (including phenoxy) is 1. The number of carbonyl (C=O) groups excluding carboxylic acids is 2. The first kappa shape index (κ1) is 24.7. The summed E-state index contributed by atoms with van der Waals surface area (Å²) in [6.07, 6.45) is -4.37. The molecule has 0 saturated heterocycles. The number of halogens is 3. The molecule has 0 spiro atoms. The number of sulfonamides is 1. The fraction of sp³-hybridized carbons (Fsp3) is 0.529. The van der Waals surface area contributed by atoms with Crippen LogP contribution in [-0.2, 0) is 19.6 Å². The first-order valence-electron chi connectivity index (χ1n) is 8.79. The zero-order valence-electron chi connectivity index (χ0n) is 16.2. The van der Waals surface area contributed by atoms with Crippen molar-refractivity contribution in [2.75, 3.05) is 6.54 Å². The van der Waals surface area contributed by atoms with Crippen LogP contribution in [0.4, 0.5) is 13.2 Å². The molecule has 12 heteroatoms. The number of hydrogen-bond donors (Lipinski definition) is 3. The normalized spacial score (nSPS) is 14.0. The van der Waals surface area contributed by atoms with E-state index in [2.05, 4.69) is 20.1 Å². The number of nitrogens with one attached hydrogen (secondary N) is 3. The summed E-state index contributed by atoms with van der Waals surface area (Å²) in [5.74, 6) is -1.44. The predicted octanol–water partition coefficient (Wildman–Crippen LogP) is 1.67. The van der Waals surface area contributed by atoms with E-state index in [1.54, 1.807) is 0 Å². The number of rotatable bonds is 10. The van der Waals surface area contributed by atoms with Crippen molar-refractivity contribution in [2.24, 2.45) is 0 Å². The molecule has 2 atom stereocenters. The van der Waals surface area contributed by atoms with E-state index in [1.165, 1.54) is 6.92 Å². The highest BCUT2D eigenvalue weighted by molar-refractivity contribution is 7.89. The van der Waals surface area contributed by atoms with Crippen LogP contribution in [0, 0.1) is 0 Å². The van der Waals surface area contributed by atoms with E-state index < -0.39 is 34.1 Å². The molecule has 2 amide bonds. The molecule has 164 valence electrons. The number of carbonyl (C=O) groups is 2. The summed E-state index contributed by atoms with van der Waals surface area (Å²) < 4.78 is 66.5. The minimum absolute atomic E-state index is 0.0402. The van der Waals surface area contributed by atoms with Gasteiger partial charge < -0.3 is 15.4 Å². The Kier molecular flexibility index (Phi) is 8.89. The average molecular weight is 439 g/mol. The van der Waals surface area contributed by atoms with Crippen LogP contribution in [0.3, 0.4) is 0 Å². The molecule has 0 radical (unpaired) electrons.